The molecule has 0 aliphatic carbocycles. The molecule has 5 heteroatoms. The van der Waals surface area contributed by atoms with Crippen molar-refractivity contribution >= 4 is 21.6 Å². The number of imidazole rings is 1. The third kappa shape index (κ3) is 1.76. The van der Waals surface area contributed by atoms with Crippen molar-refractivity contribution in [2.75, 3.05) is 0 Å². The van der Waals surface area contributed by atoms with Crippen LogP contribution in [0.25, 0.3) is 16.9 Å². The molecule has 0 saturated heterocycles. The monoisotopic (exact) mass is 303 g/mol. The number of hydrogen-bond donors (Lipinski definition) is 1. The van der Waals surface area contributed by atoms with Gasteiger partial charge in [-0.05, 0) is 19.1 Å². The summed E-state index contributed by atoms with van der Waals surface area (Å²) >= 11 is 3.40. The number of halogens is 1. The number of aromatic nitrogens is 3. The number of nitrogens with zero attached hydrogens (tertiary/aromatic N) is 3. The van der Waals surface area contributed by atoms with Crippen LogP contribution in [0.1, 0.15) is 5.69 Å². The Balaban J connectivity index is 2.18. The fourth-order valence-electron chi connectivity index (χ4n) is 1.83. The topological polar surface area (TPSA) is 50.4 Å². The van der Waals surface area contributed by atoms with Crippen LogP contribution in [0, 0.1) is 6.92 Å². The van der Waals surface area contributed by atoms with Crippen molar-refractivity contribution in [3.05, 3.63) is 46.8 Å². The maximum atomic E-state index is 9.88. The maximum Gasteiger partial charge on any atom is 0.219 e. The van der Waals surface area contributed by atoms with Crippen molar-refractivity contribution in [1.82, 2.24) is 14.4 Å². The second-order valence-electron chi connectivity index (χ2n) is 4.03. The first-order valence-corrected chi connectivity index (χ1v) is 6.24. The molecule has 2 heterocycles. The molecule has 0 fully saturated rings. The van der Waals surface area contributed by atoms with E-state index in [1.54, 1.807) is 23.7 Å². The van der Waals surface area contributed by atoms with Gasteiger partial charge in [0.1, 0.15) is 5.69 Å². The van der Waals surface area contributed by atoms with E-state index in [0.717, 1.165) is 15.7 Å². The Hall–Kier alpha value is -1.88. The summed E-state index contributed by atoms with van der Waals surface area (Å²) in [7, 11) is 0. The van der Waals surface area contributed by atoms with Gasteiger partial charge in [0, 0.05) is 16.2 Å². The number of aryl methyl sites for hydroxylation is 1. The number of fused-ring (bicyclic) bond motifs is 1. The molecule has 18 heavy (non-hydrogen) atoms. The van der Waals surface area contributed by atoms with Crippen molar-refractivity contribution in [3.63, 3.8) is 0 Å². The minimum absolute atomic E-state index is 0.158. The van der Waals surface area contributed by atoms with Crippen LogP contribution >= 0.6 is 15.9 Å². The molecule has 0 saturated carbocycles. The zero-order valence-corrected chi connectivity index (χ0v) is 11.2. The lowest BCUT2D eigenvalue weighted by molar-refractivity contribution is 0.444. The van der Waals surface area contributed by atoms with Gasteiger partial charge in [0.15, 0.2) is 5.65 Å². The number of rotatable bonds is 1. The van der Waals surface area contributed by atoms with Gasteiger partial charge in [0.25, 0.3) is 0 Å². The van der Waals surface area contributed by atoms with E-state index >= 15 is 0 Å². The lowest BCUT2D eigenvalue weighted by atomic mass is 10.2. The lowest BCUT2D eigenvalue weighted by Gasteiger charge is -2.02. The van der Waals surface area contributed by atoms with E-state index in [2.05, 4.69) is 25.9 Å². The summed E-state index contributed by atoms with van der Waals surface area (Å²) in [6.07, 6.45) is 3.44. The minimum Gasteiger partial charge on any atom is -0.493 e. The first-order chi connectivity index (χ1) is 8.65. The molecule has 1 N–H and O–H groups in total. The molecular weight excluding hydrogens is 294 g/mol. The van der Waals surface area contributed by atoms with Crippen molar-refractivity contribution in [1.29, 1.82) is 0 Å². The Morgan fingerprint density at radius 2 is 1.94 bits per heavy atom. The van der Waals surface area contributed by atoms with Crippen LogP contribution in [0.2, 0.25) is 0 Å². The van der Waals surface area contributed by atoms with Gasteiger partial charge < -0.3 is 5.11 Å². The first kappa shape index (κ1) is 11.2. The summed E-state index contributed by atoms with van der Waals surface area (Å²) in [5.41, 5.74) is 3.03. The van der Waals surface area contributed by atoms with Gasteiger partial charge in [-0.15, -0.1) is 0 Å². The highest BCUT2D eigenvalue weighted by molar-refractivity contribution is 9.10. The molecule has 90 valence electrons. The molecule has 0 aliphatic heterocycles. The predicted molar refractivity (Wildman–Crippen MR) is 72.5 cm³/mol. The van der Waals surface area contributed by atoms with E-state index in [4.69, 9.17) is 0 Å². The molecule has 0 bridgehead atoms. The van der Waals surface area contributed by atoms with E-state index in [0.29, 0.717) is 11.3 Å². The summed E-state index contributed by atoms with van der Waals surface area (Å²) in [4.78, 5) is 8.56. The van der Waals surface area contributed by atoms with Crippen LogP contribution in [0.5, 0.6) is 5.88 Å². The van der Waals surface area contributed by atoms with Gasteiger partial charge >= 0.3 is 0 Å². The molecule has 0 amide bonds. The van der Waals surface area contributed by atoms with Gasteiger partial charge in [0.2, 0.25) is 5.88 Å². The van der Waals surface area contributed by atoms with Gasteiger partial charge in [-0.2, -0.15) is 0 Å². The number of aromatic hydroxyl groups is 1. The fourth-order valence-corrected chi connectivity index (χ4v) is 2.09. The zero-order chi connectivity index (χ0) is 12.7. The standard InChI is InChI=1S/C13H10BrN3O/c1-8-13(18)17-7-11(15-6-12(17)16-8)9-2-4-10(14)5-3-9/h2-7,18H,1H3. The summed E-state index contributed by atoms with van der Waals surface area (Å²) in [6.45, 7) is 1.77. The number of benzene rings is 1. The average Bonchev–Trinajstić information content (AvgIpc) is 2.66. The summed E-state index contributed by atoms with van der Waals surface area (Å²) in [5.74, 6) is 0.158. The van der Waals surface area contributed by atoms with Crippen LogP contribution in [-0.2, 0) is 0 Å². The third-order valence-electron chi connectivity index (χ3n) is 2.79. The van der Waals surface area contributed by atoms with Crippen LogP contribution < -0.4 is 0 Å². The Bertz CT molecular complexity index is 719. The summed E-state index contributed by atoms with van der Waals surface area (Å²) in [6, 6.07) is 7.86. The van der Waals surface area contributed by atoms with E-state index in [1.165, 1.54) is 0 Å². The second kappa shape index (κ2) is 4.10. The van der Waals surface area contributed by atoms with Gasteiger partial charge in [0.05, 0.1) is 11.9 Å². The van der Waals surface area contributed by atoms with Crippen molar-refractivity contribution in [2.45, 2.75) is 6.92 Å². The lowest BCUT2D eigenvalue weighted by Crippen LogP contribution is -1.90. The average molecular weight is 304 g/mol. The fraction of sp³-hybridized carbons (Fsp3) is 0.0769. The van der Waals surface area contributed by atoms with Gasteiger partial charge in [-0.25, -0.2) is 4.98 Å². The Morgan fingerprint density at radius 1 is 1.22 bits per heavy atom. The second-order valence-corrected chi connectivity index (χ2v) is 4.94. The van der Waals surface area contributed by atoms with Crippen LogP contribution in [0.4, 0.5) is 0 Å². The summed E-state index contributed by atoms with van der Waals surface area (Å²) in [5, 5.41) is 9.88. The molecule has 0 spiro atoms. The normalized spacial score (nSPS) is 11.0. The zero-order valence-electron chi connectivity index (χ0n) is 9.63. The highest BCUT2D eigenvalue weighted by atomic mass is 79.9. The SMILES string of the molecule is Cc1nc2cnc(-c3ccc(Br)cc3)cn2c1O. The third-order valence-corrected chi connectivity index (χ3v) is 3.32. The molecule has 0 aliphatic rings. The highest BCUT2D eigenvalue weighted by Crippen LogP contribution is 2.23. The minimum atomic E-state index is 0.158. The van der Waals surface area contributed by atoms with E-state index < -0.39 is 0 Å². The van der Waals surface area contributed by atoms with Crippen molar-refractivity contribution in [3.8, 4) is 17.1 Å². The molecule has 3 rings (SSSR count). The van der Waals surface area contributed by atoms with E-state index in [-0.39, 0.29) is 5.88 Å². The molecule has 0 radical (unpaired) electrons. The quantitative estimate of drug-likeness (QED) is 0.751. The Labute approximate surface area is 112 Å². The molecule has 2 aromatic heterocycles. The molecule has 0 unspecified atom stereocenters. The molecular formula is C13H10BrN3O. The van der Waals surface area contributed by atoms with Gasteiger partial charge in [-0.3, -0.25) is 9.38 Å². The largest absolute Gasteiger partial charge is 0.493 e. The number of hydrogen-bond acceptors (Lipinski definition) is 3. The predicted octanol–water partition coefficient (Wildman–Crippen LogP) is 3.17. The van der Waals surface area contributed by atoms with Crippen LogP contribution in [0.15, 0.2) is 41.1 Å². The maximum absolute atomic E-state index is 9.88. The van der Waals surface area contributed by atoms with Gasteiger partial charge in [-0.1, -0.05) is 28.1 Å². The highest BCUT2D eigenvalue weighted by Gasteiger charge is 2.08. The van der Waals surface area contributed by atoms with Crippen LogP contribution in [0.3, 0.4) is 0 Å². The van der Waals surface area contributed by atoms with Crippen molar-refractivity contribution in [2.24, 2.45) is 0 Å². The molecule has 0 atom stereocenters. The summed E-state index contributed by atoms with van der Waals surface area (Å²) < 4.78 is 2.66. The van der Waals surface area contributed by atoms with E-state index in [9.17, 15) is 5.11 Å². The first-order valence-electron chi connectivity index (χ1n) is 5.45. The Kier molecular flexibility index (Phi) is 2.56. The molecule has 4 nitrogen and oxygen atoms in total. The van der Waals surface area contributed by atoms with E-state index in [1.807, 2.05) is 24.3 Å². The molecule has 3 aromatic rings. The Morgan fingerprint density at radius 3 is 2.67 bits per heavy atom. The van der Waals surface area contributed by atoms with Crippen molar-refractivity contribution < 1.29 is 5.11 Å². The van der Waals surface area contributed by atoms with Crippen LogP contribution in [-0.4, -0.2) is 19.5 Å². The smallest absolute Gasteiger partial charge is 0.219 e. The molecule has 1 aromatic carbocycles.